The van der Waals surface area contributed by atoms with Gasteiger partial charge in [-0.25, -0.2) is 0 Å². The van der Waals surface area contributed by atoms with Gasteiger partial charge in [-0.15, -0.1) is 0 Å². The highest BCUT2D eigenvalue weighted by Crippen LogP contribution is 2.10. The van der Waals surface area contributed by atoms with Gasteiger partial charge < -0.3 is 9.73 Å². The van der Waals surface area contributed by atoms with Crippen molar-refractivity contribution in [3.8, 4) is 0 Å². The Hall–Kier alpha value is -0.920. The Morgan fingerprint density at radius 1 is 1.00 bits per heavy atom. The van der Waals surface area contributed by atoms with E-state index in [-0.39, 0.29) is 0 Å². The van der Waals surface area contributed by atoms with Crippen LogP contribution in [0.25, 0.3) is 0 Å². The van der Waals surface area contributed by atoms with E-state index in [1.807, 2.05) is 6.07 Å². The van der Waals surface area contributed by atoms with Crippen LogP contribution in [0, 0.1) is 0 Å². The minimum absolute atomic E-state index is 1.06. The van der Waals surface area contributed by atoms with Crippen LogP contribution in [0.15, 0.2) is 23.0 Å². The first kappa shape index (κ1) is 13.1. The topological polar surface area (TPSA) is 25.2 Å². The first-order valence-corrected chi connectivity index (χ1v) is 6.69. The summed E-state index contributed by atoms with van der Waals surface area (Å²) in [6.45, 7) is 3.33. The predicted molar refractivity (Wildman–Crippen MR) is 69.8 cm³/mol. The minimum Gasteiger partial charge on any atom is -0.470 e. The summed E-state index contributed by atoms with van der Waals surface area (Å²) in [6, 6.07) is 1.96. The summed E-state index contributed by atoms with van der Waals surface area (Å²) < 4.78 is 4.99. The zero-order valence-corrected chi connectivity index (χ0v) is 10.5. The van der Waals surface area contributed by atoms with E-state index in [1.54, 1.807) is 12.5 Å². The zero-order valence-electron chi connectivity index (χ0n) is 10.5. The summed E-state index contributed by atoms with van der Waals surface area (Å²) in [5, 5.41) is 3.34. The van der Waals surface area contributed by atoms with Crippen molar-refractivity contribution < 1.29 is 4.42 Å². The van der Waals surface area contributed by atoms with Gasteiger partial charge in [0.05, 0.1) is 12.0 Å². The summed E-state index contributed by atoms with van der Waals surface area (Å²) in [7, 11) is 0. The Balaban J connectivity index is 1.78. The second kappa shape index (κ2) is 9.32. The minimum atomic E-state index is 1.06. The van der Waals surface area contributed by atoms with E-state index in [9.17, 15) is 0 Å². The van der Waals surface area contributed by atoms with Gasteiger partial charge in [-0.3, -0.25) is 0 Å². The lowest BCUT2D eigenvalue weighted by atomic mass is 10.1. The van der Waals surface area contributed by atoms with Crippen molar-refractivity contribution >= 4 is 5.69 Å². The lowest BCUT2D eigenvalue weighted by Crippen LogP contribution is -1.99. The molecule has 0 aromatic carbocycles. The fraction of sp³-hybridized carbons (Fsp3) is 0.714. The molecule has 1 heterocycles. The van der Waals surface area contributed by atoms with Gasteiger partial charge in [0.2, 0.25) is 0 Å². The van der Waals surface area contributed by atoms with E-state index >= 15 is 0 Å². The molecule has 0 radical (unpaired) electrons. The molecule has 1 N–H and O–H groups in total. The van der Waals surface area contributed by atoms with Crippen molar-refractivity contribution in [1.82, 2.24) is 0 Å². The largest absolute Gasteiger partial charge is 0.470 e. The van der Waals surface area contributed by atoms with E-state index in [0.717, 1.165) is 12.2 Å². The Labute approximate surface area is 99.4 Å². The van der Waals surface area contributed by atoms with E-state index in [2.05, 4.69) is 12.2 Å². The molecule has 1 aromatic heterocycles. The van der Waals surface area contributed by atoms with Gasteiger partial charge in [0.1, 0.15) is 6.26 Å². The maximum absolute atomic E-state index is 4.99. The molecule has 0 fully saturated rings. The third-order valence-corrected chi connectivity index (χ3v) is 2.88. The number of rotatable bonds is 10. The zero-order chi connectivity index (χ0) is 11.5. The van der Waals surface area contributed by atoms with Crippen LogP contribution in [0.3, 0.4) is 0 Å². The number of hydrogen-bond donors (Lipinski definition) is 1. The third kappa shape index (κ3) is 6.54. The first-order chi connectivity index (χ1) is 7.93. The highest BCUT2D eigenvalue weighted by atomic mass is 16.3. The van der Waals surface area contributed by atoms with Gasteiger partial charge in [-0.1, -0.05) is 51.9 Å². The van der Waals surface area contributed by atoms with Gasteiger partial charge in [-0.05, 0) is 12.5 Å². The Kier molecular flexibility index (Phi) is 7.65. The van der Waals surface area contributed by atoms with Crippen LogP contribution >= 0.6 is 0 Å². The highest BCUT2D eigenvalue weighted by molar-refractivity contribution is 5.38. The molecule has 0 aliphatic heterocycles. The smallest absolute Gasteiger partial charge is 0.113 e. The molecule has 0 saturated carbocycles. The number of hydrogen-bond acceptors (Lipinski definition) is 2. The molecule has 0 saturated heterocycles. The molecule has 16 heavy (non-hydrogen) atoms. The Morgan fingerprint density at radius 3 is 2.31 bits per heavy atom. The molecule has 0 bridgehead atoms. The normalized spacial score (nSPS) is 10.6. The van der Waals surface area contributed by atoms with E-state index in [0.29, 0.717) is 0 Å². The van der Waals surface area contributed by atoms with E-state index in [1.165, 1.54) is 51.4 Å². The van der Waals surface area contributed by atoms with Gasteiger partial charge in [-0.2, -0.15) is 0 Å². The molecule has 0 aliphatic rings. The monoisotopic (exact) mass is 223 g/mol. The second-order valence-corrected chi connectivity index (χ2v) is 4.41. The van der Waals surface area contributed by atoms with E-state index < -0.39 is 0 Å². The lowest BCUT2D eigenvalue weighted by molar-refractivity contribution is 0.567. The fourth-order valence-electron chi connectivity index (χ4n) is 1.86. The van der Waals surface area contributed by atoms with Gasteiger partial charge >= 0.3 is 0 Å². The van der Waals surface area contributed by atoms with Crippen LogP contribution in [-0.2, 0) is 0 Å². The van der Waals surface area contributed by atoms with E-state index in [4.69, 9.17) is 4.42 Å². The standard InChI is InChI=1S/C14H25NO/c1-2-3-4-5-6-7-8-9-11-15-14-10-12-16-13-14/h10,12-13,15H,2-9,11H2,1H3. The highest BCUT2D eigenvalue weighted by Gasteiger charge is 1.93. The third-order valence-electron chi connectivity index (χ3n) is 2.88. The maximum Gasteiger partial charge on any atom is 0.113 e. The number of nitrogens with one attached hydrogen (secondary N) is 1. The molecule has 92 valence electrons. The molecule has 2 nitrogen and oxygen atoms in total. The predicted octanol–water partition coefficient (Wildman–Crippen LogP) is 4.83. The second-order valence-electron chi connectivity index (χ2n) is 4.41. The molecule has 2 heteroatoms. The molecule has 1 aromatic rings. The molecule has 1 rings (SSSR count). The van der Waals surface area contributed by atoms with Crippen LogP contribution in [0.2, 0.25) is 0 Å². The summed E-state index contributed by atoms with van der Waals surface area (Å²) >= 11 is 0. The SMILES string of the molecule is CCCCCCCCCCNc1ccoc1. The molecule has 0 unspecified atom stereocenters. The summed E-state index contributed by atoms with van der Waals surface area (Å²) in [6.07, 6.45) is 14.4. The molecule has 0 atom stereocenters. The fourth-order valence-corrected chi connectivity index (χ4v) is 1.86. The van der Waals surface area contributed by atoms with Crippen LogP contribution in [0.4, 0.5) is 5.69 Å². The van der Waals surface area contributed by atoms with Gasteiger partial charge in [0, 0.05) is 6.54 Å². The summed E-state index contributed by atoms with van der Waals surface area (Å²) in [5.74, 6) is 0. The lowest BCUT2D eigenvalue weighted by Gasteiger charge is -2.03. The Morgan fingerprint density at radius 2 is 1.69 bits per heavy atom. The molecular formula is C14H25NO. The molecule has 0 amide bonds. The average Bonchev–Trinajstić information content (AvgIpc) is 2.80. The Bertz CT molecular complexity index is 231. The summed E-state index contributed by atoms with van der Waals surface area (Å²) in [5.41, 5.74) is 1.10. The molecular weight excluding hydrogens is 198 g/mol. The summed E-state index contributed by atoms with van der Waals surface area (Å²) in [4.78, 5) is 0. The number of furan rings is 1. The van der Waals surface area contributed by atoms with Crippen LogP contribution < -0.4 is 5.32 Å². The van der Waals surface area contributed by atoms with Crippen molar-refractivity contribution in [1.29, 1.82) is 0 Å². The van der Waals surface area contributed by atoms with Crippen molar-refractivity contribution in [3.05, 3.63) is 18.6 Å². The van der Waals surface area contributed by atoms with Gasteiger partial charge in [0.25, 0.3) is 0 Å². The average molecular weight is 223 g/mol. The van der Waals surface area contributed by atoms with Crippen molar-refractivity contribution in [3.63, 3.8) is 0 Å². The molecule has 0 spiro atoms. The number of unbranched alkanes of at least 4 members (excludes halogenated alkanes) is 7. The van der Waals surface area contributed by atoms with Crippen molar-refractivity contribution in [2.45, 2.75) is 58.3 Å². The van der Waals surface area contributed by atoms with Crippen LogP contribution in [-0.4, -0.2) is 6.54 Å². The maximum atomic E-state index is 4.99. The van der Waals surface area contributed by atoms with Crippen LogP contribution in [0.5, 0.6) is 0 Å². The molecule has 0 aliphatic carbocycles. The van der Waals surface area contributed by atoms with Crippen molar-refractivity contribution in [2.24, 2.45) is 0 Å². The van der Waals surface area contributed by atoms with Crippen LogP contribution in [0.1, 0.15) is 58.3 Å². The van der Waals surface area contributed by atoms with Crippen molar-refractivity contribution in [2.75, 3.05) is 11.9 Å². The quantitative estimate of drug-likeness (QED) is 0.575. The van der Waals surface area contributed by atoms with Gasteiger partial charge in [0.15, 0.2) is 0 Å². The number of anilines is 1. The first-order valence-electron chi connectivity index (χ1n) is 6.69.